The summed E-state index contributed by atoms with van der Waals surface area (Å²) in [5, 5.41) is 23.5. The number of nitrogens with one attached hydrogen (secondary N) is 3. The van der Waals surface area contributed by atoms with Gasteiger partial charge in [-0.15, -0.1) is 11.3 Å². The number of rotatable bonds is 4. The molecule has 7 nitrogen and oxygen atoms in total. The first kappa shape index (κ1) is 19.4. The van der Waals surface area contributed by atoms with Gasteiger partial charge in [0.15, 0.2) is 0 Å². The Morgan fingerprint density at radius 2 is 1.83 bits per heavy atom. The van der Waals surface area contributed by atoms with Crippen LogP contribution in [0.25, 0.3) is 15.9 Å². The van der Waals surface area contributed by atoms with Crippen molar-refractivity contribution in [3.05, 3.63) is 87.5 Å². The lowest BCUT2D eigenvalue weighted by Crippen LogP contribution is -2.28. The minimum absolute atomic E-state index is 0.207. The Labute approximate surface area is 175 Å². The van der Waals surface area contributed by atoms with Gasteiger partial charge in [0.25, 0.3) is 5.56 Å². The SMILES string of the molecule is Cc1cccc(Nc2c(C(=N)NC(=O)O)sc3c2ccc(=O)n3-c2ccccc2)c1. The smallest absolute Gasteiger partial charge is 0.410 e. The zero-order chi connectivity index (χ0) is 21.3. The molecule has 0 unspecified atom stereocenters. The standard InChI is InChI=1S/C22H18N4O3S/c1-13-6-5-7-14(12-13)24-18-16-10-11-17(27)26(15-8-3-2-4-9-15)21(16)30-19(18)20(23)25-22(28)29/h2-12,24H,1H3,(H2,23,25)(H,28,29). The molecule has 2 heterocycles. The first-order valence-electron chi connectivity index (χ1n) is 9.10. The molecule has 0 aliphatic heterocycles. The van der Waals surface area contributed by atoms with Crippen molar-refractivity contribution >= 4 is 44.9 Å². The number of amides is 1. The van der Waals surface area contributed by atoms with E-state index in [-0.39, 0.29) is 11.4 Å². The second kappa shape index (κ2) is 7.84. The number of fused-ring (bicyclic) bond motifs is 1. The van der Waals surface area contributed by atoms with E-state index in [2.05, 4.69) is 10.6 Å². The van der Waals surface area contributed by atoms with Crippen molar-refractivity contribution in [2.45, 2.75) is 6.92 Å². The van der Waals surface area contributed by atoms with Crippen LogP contribution < -0.4 is 16.2 Å². The van der Waals surface area contributed by atoms with Gasteiger partial charge in [0.2, 0.25) is 0 Å². The first-order chi connectivity index (χ1) is 14.4. The Morgan fingerprint density at radius 3 is 2.53 bits per heavy atom. The monoisotopic (exact) mass is 418 g/mol. The number of thiophene rings is 1. The summed E-state index contributed by atoms with van der Waals surface area (Å²) in [5.74, 6) is -0.258. The van der Waals surface area contributed by atoms with Crippen LogP contribution in [-0.4, -0.2) is 21.6 Å². The molecule has 0 fully saturated rings. The maximum atomic E-state index is 12.7. The lowest BCUT2D eigenvalue weighted by Gasteiger charge is -2.10. The molecule has 8 heteroatoms. The summed E-state index contributed by atoms with van der Waals surface area (Å²) < 4.78 is 1.57. The van der Waals surface area contributed by atoms with Gasteiger partial charge < -0.3 is 10.4 Å². The molecule has 2 aromatic heterocycles. The first-order valence-corrected chi connectivity index (χ1v) is 9.92. The third kappa shape index (κ3) is 3.68. The normalized spacial score (nSPS) is 10.7. The maximum absolute atomic E-state index is 12.7. The minimum Gasteiger partial charge on any atom is -0.465 e. The van der Waals surface area contributed by atoms with Crippen molar-refractivity contribution in [1.82, 2.24) is 9.88 Å². The predicted octanol–water partition coefficient (Wildman–Crippen LogP) is 4.70. The van der Waals surface area contributed by atoms with E-state index in [4.69, 9.17) is 10.5 Å². The maximum Gasteiger partial charge on any atom is 0.410 e. The number of aromatic nitrogens is 1. The summed E-state index contributed by atoms with van der Waals surface area (Å²) in [6, 6.07) is 20.1. The molecule has 0 spiro atoms. The molecular formula is C22H18N4O3S. The van der Waals surface area contributed by atoms with Crippen molar-refractivity contribution in [2.75, 3.05) is 5.32 Å². The number of para-hydroxylation sites is 1. The summed E-state index contributed by atoms with van der Waals surface area (Å²) in [6.07, 6.45) is -1.32. The number of hydrogen-bond acceptors (Lipinski definition) is 5. The average Bonchev–Trinajstić information content (AvgIpc) is 3.06. The van der Waals surface area contributed by atoms with Gasteiger partial charge in [-0.3, -0.25) is 20.1 Å². The second-order valence-electron chi connectivity index (χ2n) is 6.67. The molecule has 30 heavy (non-hydrogen) atoms. The largest absolute Gasteiger partial charge is 0.465 e. The van der Waals surface area contributed by atoms with Gasteiger partial charge in [-0.2, -0.15) is 0 Å². The van der Waals surface area contributed by atoms with Gasteiger partial charge in [-0.05, 0) is 42.8 Å². The van der Waals surface area contributed by atoms with Gasteiger partial charge in [0.1, 0.15) is 10.7 Å². The van der Waals surface area contributed by atoms with Crippen molar-refractivity contribution in [3.63, 3.8) is 0 Å². The average molecular weight is 418 g/mol. The molecule has 0 aliphatic carbocycles. The molecule has 0 saturated heterocycles. The molecule has 0 radical (unpaired) electrons. The van der Waals surface area contributed by atoms with Crippen LogP contribution in [0.15, 0.2) is 71.5 Å². The number of amidine groups is 1. The number of hydrogen-bond donors (Lipinski definition) is 4. The van der Waals surface area contributed by atoms with E-state index in [1.165, 1.54) is 17.4 Å². The molecule has 2 aromatic carbocycles. The Balaban J connectivity index is 1.96. The van der Waals surface area contributed by atoms with Crippen LogP contribution in [-0.2, 0) is 0 Å². The van der Waals surface area contributed by atoms with Crippen LogP contribution in [0.2, 0.25) is 0 Å². The number of benzene rings is 2. The molecule has 0 saturated carbocycles. The Bertz CT molecular complexity index is 1330. The van der Waals surface area contributed by atoms with Gasteiger partial charge in [-0.1, -0.05) is 30.3 Å². The Kier molecular flexibility index (Phi) is 5.07. The molecule has 1 amide bonds. The van der Waals surface area contributed by atoms with E-state index < -0.39 is 6.09 Å². The lowest BCUT2D eigenvalue weighted by atomic mass is 10.2. The molecule has 0 atom stereocenters. The fraction of sp³-hybridized carbons (Fsp3) is 0.0455. The van der Waals surface area contributed by atoms with Gasteiger partial charge >= 0.3 is 6.09 Å². The predicted molar refractivity (Wildman–Crippen MR) is 120 cm³/mol. The number of anilines is 2. The Hall–Kier alpha value is -3.91. The van der Waals surface area contributed by atoms with Gasteiger partial charge in [0.05, 0.1) is 16.3 Å². The molecular weight excluding hydrogens is 400 g/mol. The number of carboxylic acid groups (broad SMARTS) is 1. The molecule has 0 aliphatic rings. The quantitative estimate of drug-likeness (QED) is 0.285. The Morgan fingerprint density at radius 1 is 1.07 bits per heavy atom. The van der Waals surface area contributed by atoms with E-state index in [1.807, 2.05) is 61.5 Å². The number of aryl methyl sites for hydroxylation is 1. The third-order valence-electron chi connectivity index (χ3n) is 4.50. The summed E-state index contributed by atoms with van der Waals surface area (Å²) in [4.78, 5) is 24.8. The fourth-order valence-electron chi connectivity index (χ4n) is 3.23. The van der Waals surface area contributed by atoms with Crippen molar-refractivity contribution in [3.8, 4) is 5.69 Å². The number of nitrogens with zero attached hydrogens (tertiary/aromatic N) is 1. The second-order valence-corrected chi connectivity index (χ2v) is 7.67. The van der Waals surface area contributed by atoms with Crippen LogP contribution in [0.5, 0.6) is 0 Å². The van der Waals surface area contributed by atoms with E-state index in [0.717, 1.165) is 16.6 Å². The lowest BCUT2D eigenvalue weighted by molar-refractivity contribution is 0.200. The third-order valence-corrected chi connectivity index (χ3v) is 5.71. The molecule has 4 aromatic rings. The van der Waals surface area contributed by atoms with Crippen LogP contribution in [0, 0.1) is 12.3 Å². The summed E-state index contributed by atoms with van der Waals surface area (Å²) in [6.45, 7) is 1.97. The number of pyridine rings is 1. The number of carbonyl (C=O) groups is 1. The van der Waals surface area contributed by atoms with Crippen molar-refractivity contribution in [1.29, 1.82) is 5.41 Å². The van der Waals surface area contributed by atoms with Crippen LogP contribution >= 0.6 is 11.3 Å². The minimum atomic E-state index is -1.32. The highest BCUT2D eigenvalue weighted by molar-refractivity contribution is 7.21. The van der Waals surface area contributed by atoms with E-state index in [1.54, 1.807) is 10.6 Å². The zero-order valence-electron chi connectivity index (χ0n) is 16.0. The molecule has 150 valence electrons. The zero-order valence-corrected chi connectivity index (χ0v) is 16.8. The van der Waals surface area contributed by atoms with Crippen LogP contribution in [0.1, 0.15) is 10.4 Å². The summed E-state index contributed by atoms with van der Waals surface area (Å²) >= 11 is 1.18. The van der Waals surface area contributed by atoms with E-state index in [0.29, 0.717) is 21.1 Å². The molecule has 4 rings (SSSR count). The highest BCUT2D eigenvalue weighted by atomic mass is 32.1. The van der Waals surface area contributed by atoms with Crippen LogP contribution in [0.3, 0.4) is 0 Å². The summed E-state index contributed by atoms with van der Waals surface area (Å²) in [7, 11) is 0. The topological polar surface area (TPSA) is 107 Å². The summed E-state index contributed by atoms with van der Waals surface area (Å²) in [5.41, 5.74) is 2.92. The van der Waals surface area contributed by atoms with Crippen molar-refractivity contribution < 1.29 is 9.90 Å². The van der Waals surface area contributed by atoms with E-state index in [9.17, 15) is 9.59 Å². The van der Waals surface area contributed by atoms with E-state index >= 15 is 0 Å². The van der Waals surface area contributed by atoms with Crippen molar-refractivity contribution in [2.24, 2.45) is 0 Å². The highest BCUT2D eigenvalue weighted by Crippen LogP contribution is 2.38. The van der Waals surface area contributed by atoms with Gasteiger partial charge in [-0.25, -0.2) is 4.79 Å². The highest BCUT2D eigenvalue weighted by Gasteiger charge is 2.21. The van der Waals surface area contributed by atoms with Gasteiger partial charge in [0, 0.05) is 17.1 Å². The molecule has 0 bridgehead atoms. The molecule has 4 N–H and O–H groups in total. The van der Waals surface area contributed by atoms with Crippen LogP contribution in [0.4, 0.5) is 16.2 Å². The fourth-order valence-corrected chi connectivity index (χ4v) is 4.41.